The maximum atomic E-state index is 11.3. The van der Waals surface area contributed by atoms with Gasteiger partial charge in [-0.1, -0.05) is 0 Å². The van der Waals surface area contributed by atoms with Crippen molar-refractivity contribution >= 4 is 11.7 Å². The lowest BCUT2D eigenvalue weighted by molar-refractivity contribution is 0.0600. The molecule has 0 aliphatic heterocycles. The minimum atomic E-state index is -0.394. The summed E-state index contributed by atoms with van der Waals surface area (Å²) in [5, 5.41) is 4.34. The van der Waals surface area contributed by atoms with Crippen molar-refractivity contribution in [3.63, 3.8) is 0 Å². The van der Waals surface area contributed by atoms with Gasteiger partial charge in [-0.25, -0.2) is 4.79 Å². The van der Waals surface area contributed by atoms with Crippen LogP contribution in [0.4, 0.5) is 5.69 Å². The van der Waals surface area contributed by atoms with Gasteiger partial charge in [0.05, 0.1) is 42.0 Å². The van der Waals surface area contributed by atoms with Crippen LogP contribution in [0.2, 0.25) is 0 Å². The molecule has 2 heterocycles. The zero-order valence-corrected chi connectivity index (χ0v) is 11.2. The number of nitrogens with two attached hydrogens (primary N) is 1. The molecule has 0 radical (unpaired) electrons. The summed E-state index contributed by atoms with van der Waals surface area (Å²) in [6, 6.07) is 3.46. The topological polar surface area (TPSA) is 83.0 Å². The van der Waals surface area contributed by atoms with Crippen LogP contribution < -0.4 is 5.73 Å². The summed E-state index contributed by atoms with van der Waals surface area (Å²) >= 11 is 0. The monoisotopic (exact) mass is 260 g/mol. The molecule has 0 fully saturated rings. The maximum Gasteiger partial charge on any atom is 0.339 e. The highest BCUT2D eigenvalue weighted by Crippen LogP contribution is 2.15. The van der Waals surface area contributed by atoms with Gasteiger partial charge >= 0.3 is 5.97 Å². The van der Waals surface area contributed by atoms with Gasteiger partial charge in [-0.2, -0.15) is 5.10 Å². The number of rotatable bonds is 3. The van der Waals surface area contributed by atoms with E-state index in [1.807, 2.05) is 13.8 Å². The molecule has 0 aliphatic rings. The number of ether oxygens (including phenoxy) is 1. The predicted octanol–water partition coefficient (Wildman–Crippen LogP) is 1.31. The lowest BCUT2D eigenvalue weighted by atomic mass is 10.2. The van der Waals surface area contributed by atoms with E-state index in [0.29, 0.717) is 17.8 Å². The van der Waals surface area contributed by atoms with Gasteiger partial charge in [0.2, 0.25) is 0 Å². The van der Waals surface area contributed by atoms with Gasteiger partial charge in [-0.15, -0.1) is 0 Å². The highest BCUT2D eigenvalue weighted by atomic mass is 16.5. The fourth-order valence-electron chi connectivity index (χ4n) is 1.77. The highest BCUT2D eigenvalue weighted by molar-refractivity contribution is 5.88. The molecule has 0 saturated heterocycles. The van der Waals surface area contributed by atoms with E-state index in [9.17, 15) is 4.79 Å². The van der Waals surface area contributed by atoms with Crippen LogP contribution in [0.3, 0.4) is 0 Å². The van der Waals surface area contributed by atoms with Crippen LogP contribution in [0.5, 0.6) is 0 Å². The molecule has 0 aromatic carbocycles. The Bertz CT molecular complexity index is 602. The number of anilines is 1. The fourth-order valence-corrected chi connectivity index (χ4v) is 1.77. The molecule has 6 nitrogen and oxygen atoms in total. The molecular weight excluding hydrogens is 244 g/mol. The second-order valence-electron chi connectivity index (χ2n) is 4.27. The molecule has 6 heteroatoms. The van der Waals surface area contributed by atoms with Crippen LogP contribution >= 0.6 is 0 Å². The zero-order chi connectivity index (χ0) is 14.0. The molecule has 0 saturated carbocycles. The third-order valence-electron chi connectivity index (χ3n) is 3.00. The number of esters is 1. The van der Waals surface area contributed by atoms with Crippen molar-refractivity contribution in [3.8, 4) is 0 Å². The Kier molecular flexibility index (Phi) is 3.50. The van der Waals surface area contributed by atoms with Crippen molar-refractivity contribution < 1.29 is 9.53 Å². The Morgan fingerprint density at radius 2 is 2.16 bits per heavy atom. The van der Waals surface area contributed by atoms with Gasteiger partial charge in [0.25, 0.3) is 0 Å². The first-order valence-electron chi connectivity index (χ1n) is 5.85. The summed E-state index contributed by atoms with van der Waals surface area (Å²) in [7, 11) is 1.34. The van der Waals surface area contributed by atoms with Crippen molar-refractivity contribution in [2.75, 3.05) is 12.8 Å². The van der Waals surface area contributed by atoms with Crippen LogP contribution in [0, 0.1) is 13.8 Å². The highest BCUT2D eigenvalue weighted by Gasteiger charge is 2.10. The van der Waals surface area contributed by atoms with E-state index in [2.05, 4.69) is 14.8 Å². The third kappa shape index (κ3) is 2.57. The smallest absolute Gasteiger partial charge is 0.339 e. The molecule has 2 N–H and O–H groups in total. The van der Waals surface area contributed by atoms with Crippen LogP contribution in [-0.2, 0) is 11.3 Å². The summed E-state index contributed by atoms with van der Waals surface area (Å²) in [5.74, 6) is -0.394. The predicted molar refractivity (Wildman–Crippen MR) is 70.8 cm³/mol. The normalized spacial score (nSPS) is 10.5. The summed E-state index contributed by atoms with van der Waals surface area (Å²) in [6.45, 7) is 4.30. The molecule has 0 aliphatic carbocycles. The van der Waals surface area contributed by atoms with E-state index in [4.69, 9.17) is 5.73 Å². The van der Waals surface area contributed by atoms with Crippen molar-refractivity contribution in [1.29, 1.82) is 0 Å². The maximum absolute atomic E-state index is 11.3. The van der Waals surface area contributed by atoms with Crippen LogP contribution in [0.25, 0.3) is 0 Å². The summed E-state index contributed by atoms with van der Waals surface area (Å²) in [4.78, 5) is 15.5. The number of aryl methyl sites for hydroxylation is 1. The van der Waals surface area contributed by atoms with Gasteiger partial charge < -0.3 is 10.5 Å². The van der Waals surface area contributed by atoms with E-state index in [0.717, 1.165) is 17.1 Å². The summed E-state index contributed by atoms with van der Waals surface area (Å²) < 4.78 is 6.42. The van der Waals surface area contributed by atoms with Crippen LogP contribution in [0.15, 0.2) is 18.3 Å². The van der Waals surface area contributed by atoms with Gasteiger partial charge in [0.1, 0.15) is 0 Å². The van der Waals surface area contributed by atoms with Gasteiger partial charge in [0, 0.05) is 6.20 Å². The standard InChI is InChI=1S/C13H16N4O2/c1-8-12(14)9(2)17(16-8)7-11-5-4-10(6-15-11)13(18)19-3/h4-6H,7,14H2,1-3H3. The van der Waals surface area contributed by atoms with E-state index < -0.39 is 5.97 Å². The number of pyridine rings is 1. The number of carbonyl (C=O) groups is 1. The molecule has 2 rings (SSSR count). The molecule has 0 unspecified atom stereocenters. The average molecular weight is 260 g/mol. The number of hydrogen-bond donors (Lipinski definition) is 1. The fraction of sp³-hybridized carbons (Fsp3) is 0.308. The third-order valence-corrected chi connectivity index (χ3v) is 3.00. The zero-order valence-electron chi connectivity index (χ0n) is 11.2. The molecular formula is C13H16N4O2. The Morgan fingerprint density at radius 3 is 2.63 bits per heavy atom. The molecule has 0 bridgehead atoms. The van der Waals surface area contributed by atoms with Gasteiger partial charge in [-0.05, 0) is 26.0 Å². The Labute approximate surface area is 111 Å². The molecule has 19 heavy (non-hydrogen) atoms. The lowest BCUT2D eigenvalue weighted by Crippen LogP contribution is -2.07. The van der Waals surface area contributed by atoms with E-state index in [-0.39, 0.29) is 0 Å². The van der Waals surface area contributed by atoms with Crippen molar-refractivity contribution in [2.45, 2.75) is 20.4 Å². The number of nitrogens with zero attached hydrogens (tertiary/aromatic N) is 3. The van der Waals surface area contributed by atoms with Crippen LogP contribution in [-0.4, -0.2) is 27.8 Å². The number of aromatic nitrogens is 3. The molecule has 100 valence electrons. The van der Waals surface area contributed by atoms with Crippen molar-refractivity contribution in [3.05, 3.63) is 41.0 Å². The number of hydrogen-bond acceptors (Lipinski definition) is 5. The molecule has 2 aromatic heterocycles. The number of methoxy groups -OCH3 is 1. The second kappa shape index (κ2) is 5.09. The largest absolute Gasteiger partial charge is 0.465 e. The number of nitrogen functional groups attached to an aromatic ring is 1. The van der Waals surface area contributed by atoms with Gasteiger partial charge in [0.15, 0.2) is 0 Å². The minimum absolute atomic E-state index is 0.394. The van der Waals surface area contributed by atoms with Crippen molar-refractivity contribution in [1.82, 2.24) is 14.8 Å². The Morgan fingerprint density at radius 1 is 1.42 bits per heavy atom. The quantitative estimate of drug-likeness (QED) is 0.841. The molecule has 0 atom stereocenters. The molecule has 2 aromatic rings. The Balaban J connectivity index is 2.20. The van der Waals surface area contributed by atoms with Gasteiger partial charge in [-0.3, -0.25) is 9.67 Å². The average Bonchev–Trinajstić information content (AvgIpc) is 2.66. The van der Waals surface area contributed by atoms with E-state index in [1.165, 1.54) is 13.3 Å². The summed E-state index contributed by atoms with van der Waals surface area (Å²) in [5.41, 5.74) is 9.53. The SMILES string of the molecule is COC(=O)c1ccc(Cn2nc(C)c(N)c2C)nc1. The minimum Gasteiger partial charge on any atom is -0.465 e. The molecule has 0 amide bonds. The van der Waals surface area contributed by atoms with Crippen molar-refractivity contribution in [2.24, 2.45) is 0 Å². The molecule has 0 spiro atoms. The van der Waals surface area contributed by atoms with Crippen LogP contribution in [0.1, 0.15) is 27.4 Å². The first-order chi connectivity index (χ1) is 9.02. The second-order valence-corrected chi connectivity index (χ2v) is 4.27. The number of carbonyl (C=O) groups excluding carboxylic acids is 1. The van der Waals surface area contributed by atoms with E-state index >= 15 is 0 Å². The Hall–Kier alpha value is -2.37. The lowest BCUT2D eigenvalue weighted by Gasteiger charge is -2.05. The summed E-state index contributed by atoms with van der Waals surface area (Å²) in [6.07, 6.45) is 1.50. The van der Waals surface area contributed by atoms with E-state index in [1.54, 1.807) is 16.8 Å². The first-order valence-corrected chi connectivity index (χ1v) is 5.85. The first kappa shape index (κ1) is 13.1.